The van der Waals surface area contributed by atoms with Crippen LogP contribution in [0.1, 0.15) is 58.8 Å². The number of carbonyl (C=O) groups is 1. The van der Waals surface area contributed by atoms with Crippen molar-refractivity contribution in [2.24, 2.45) is 0 Å². The Labute approximate surface area is 193 Å². The molecule has 0 atom stereocenters. The molecule has 0 N–H and O–H groups in total. The zero-order valence-corrected chi connectivity index (χ0v) is 21.1. The van der Waals surface area contributed by atoms with Gasteiger partial charge < -0.3 is 19.4 Å². The lowest BCUT2D eigenvalue weighted by molar-refractivity contribution is -0.0762. The molecule has 0 saturated carbocycles. The van der Waals surface area contributed by atoms with Crippen LogP contribution in [0, 0.1) is 13.8 Å². The maximum absolute atomic E-state index is 12.4. The standard InChI is InChI=1S/C25H40N4O3/c1-11-29(21-12-14-28(15-13-21)23(30)32-24(5,6)7)27(10)25(8,9)20(4)31-22-16-18(2)26-19(3)17-22/h11,16-17,21H,1,4,12-15H2,2-3,5-10H3. The van der Waals surface area contributed by atoms with E-state index in [9.17, 15) is 4.79 Å². The topological polar surface area (TPSA) is 58.1 Å². The van der Waals surface area contributed by atoms with Gasteiger partial charge in [-0.05, 0) is 61.3 Å². The van der Waals surface area contributed by atoms with Crippen molar-refractivity contribution in [3.63, 3.8) is 0 Å². The van der Waals surface area contributed by atoms with Gasteiger partial charge in [-0.1, -0.05) is 13.2 Å². The van der Waals surface area contributed by atoms with Crippen LogP contribution in [-0.4, -0.2) is 63.3 Å². The maximum Gasteiger partial charge on any atom is 0.410 e. The van der Waals surface area contributed by atoms with Gasteiger partial charge >= 0.3 is 6.09 Å². The first-order valence-corrected chi connectivity index (χ1v) is 11.2. The van der Waals surface area contributed by atoms with Crippen LogP contribution in [0.3, 0.4) is 0 Å². The van der Waals surface area contributed by atoms with E-state index in [4.69, 9.17) is 9.47 Å². The highest BCUT2D eigenvalue weighted by Gasteiger charge is 2.36. The third-order valence-corrected chi connectivity index (χ3v) is 5.81. The number of hydrazine groups is 1. The first-order valence-electron chi connectivity index (χ1n) is 11.2. The minimum absolute atomic E-state index is 0.216. The summed E-state index contributed by atoms with van der Waals surface area (Å²) in [5.41, 5.74) is 0.825. The number of hydrogen-bond acceptors (Lipinski definition) is 6. The Hall–Kier alpha value is -2.54. The van der Waals surface area contributed by atoms with Crippen molar-refractivity contribution < 1.29 is 14.3 Å². The number of hydrogen-bond donors (Lipinski definition) is 0. The molecule has 32 heavy (non-hydrogen) atoms. The third-order valence-electron chi connectivity index (χ3n) is 5.81. The van der Waals surface area contributed by atoms with E-state index in [1.54, 1.807) is 4.90 Å². The van der Waals surface area contributed by atoms with Gasteiger partial charge in [-0.15, -0.1) is 0 Å². The second kappa shape index (κ2) is 9.94. The van der Waals surface area contributed by atoms with Gasteiger partial charge in [-0.2, -0.15) is 0 Å². The number of rotatable bonds is 7. The quantitative estimate of drug-likeness (QED) is 0.433. The van der Waals surface area contributed by atoms with Crippen LogP contribution in [0.5, 0.6) is 5.75 Å². The van der Waals surface area contributed by atoms with Crippen molar-refractivity contribution in [2.45, 2.75) is 78.5 Å². The van der Waals surface area contributed by atoms with Crippen LogP contribution in [0.15, 0.2) is 37.2 Å². The van der Waals surface area contributed by atoms with Crippen LogP contribution in [0.4, 0.5) is 4.79 Å². The minimum Gasteiger partial charge on any atom is -0.460 e. The molecule has 1 amide bonds. The molecule has 2 heterocycles. The summed E-state index contributed by atoms with van der Waals surface area (Å²) in [5, 5.41) is 4.24. The molecule has 1 aliphatic rings. The van der Waals surface area contributed by atoms with E-state index in [1.165, 1.54) is 0 Å². The SMILES string of the molecule is C=CN(C1CCN(C(=O)OC(C)(C)C)CC1)N(C)C(C)(C)C(=C)Oc1cc(C)nc(C)c1. The Balaban J connectivity index is 2.04. The first kappa shape index (κ1) is 25.7. The largest absolute Gasteiger partial charge is 0.460 e. The van der Waals surface area contributed by atoms with Gasteiger partial charge in [0.1, 0.15) is 17.1 Å². The Bertz CT molecular complexity index is 816. The van der Waals surface area contributed by atoms with Crippen molar-refractivity contribution in [2.75, 3.05) is 20.1 Å². The predicted octanol–water partition coefficient (Wildman–Crippen LogP) is 5.06. The van der Waals surface area contributed by atoms with Crippen molar-refractivity contribution in [1.29, 1.82) is 0 Å². The number of carbonyl (C=O) groups excluding carboxylic acids is 1. The molecular weight excluding hydrogens is 404 g/mol. The molecule has 178 valence electrons. The lowest BCUT2D eigenvalue weighted by Gasteiger charge is -2.48. The van der Waals surface area contributed by atoms with Gasteiger partial charge in [0.15, 0.2) is 0 Å². The Kier molecular flexibility index (Phi) is 7.99. The fourth-order valence-corrected chi connectivity index (χ4v) is 3.75. The van der Waals surface area contributed by atoms with E-state index < -0.39 is 11.1 Å². The van der Waals surface area contributed by atoms with E-state index >= 15 is 0 Å². The number of aryl methyl sites for hydroxylation is 2. The average Bonchev–Trinajstić information content (AvgIpc) is 2.66. The molecular formula is C25H40N4O3. The average molecular weight is 445 g/mol. The molecule has 1 fully saturated rings. The zero-order valence-electron chi connectivity index (χ0n) is 21.1. The maximum atomic E-state index is 12.4. The fourth-order valence-electron chi connectivity index (χ4n) is 3.75. The normalized spacial score (nSPS) is 15.5. The second-order valence-corrected chi connectivity index (χ2v) is 9.95. The molecule has 0 aliphatic carbocycles. The molecule has 0 unspecified atom stereocenters. The molecule has 7 heteroatoms. The van der Waals surface area contributed by atoms with Crippen LogP contribution in [0.25, 0.3) is 0 Å². The molecule has 0 spiro atoms. The molecule has 1 aromatic rings. The summed E-state index contributed by atoms with van der Waals surface area (Å²) < 4.78 is 11.6. The van der Waals surface area contributed by atoms with Crippen LogP contribution in [-0.2, 0) is 4.74 Å². The first-order chi connectivity index (χ1) is 14.7. The Morgan fingerprint density at radius 2 is 1.69 bits per heavy atom. The van der Waals surface area contributed by atoms with Crippen molar-refractivity contribution >= 4 is 6.09 Å². The van der Waals surface area contributed by atoms with E-state index in [0.29, 0.717) is 18.8 Å². The monoisotopic (exact) mass is 444 g/mol. The second-order valence-electron chi connectivity index (χ2n) is 9.95. The molecule has 0 radical (unpaired) electrons. The van der Waals surface area contributed by atoms with Crippen LogP contribution < -0.4 is 4.74 Å². The molecule has 1 aliphatic heterocycles. The number of piperidine rings is 1. The predicted molar refractivity (Wildman–Crippen MR) is 128 cm³/mol. The number of amides is 1. The summed E-state index contributed by atoms with van der Waals surface area (Å²) in [4.78, 5) is 18.6. The van der Waals surface area contributed by atoms with Gasteiger partial charge in [0.05, 0.1) is 5.54 Å². The zero-order chi connectivity index (χ0) is 24.3. The number of aromatic nitrogens is 1. The van der Waals surface area contributed by atoms with Gasteiger partial charge in [-0.25, -0.2) is 9.80 Å². The van der Waals surface area contributed by atoms with Crippen molar-refractivity contribution in [1.82, 2.24) is 19.9 Å². The highest BCUT2D eigenvalue weighted by molar-refractivity contribution is 5.68. The van der Waals surface area contributed by atoms with Crippen molar-refractivity contribution in [3.8, 4) is 5.75 Å². The number of nitrogens with zero attached hydrogens (tertiary/aromatic N) is 4. The van der Waals surface area contributed by atoms with Crippen LogP contribution in [0.2, 0.25) is 0 Å². The molecule has 2 rings (SSSR count). The van der Waals surface area contributed by atoms with E-state index in [-0.39, 0.29) is 12.1 Å². The summed E-state index contributed by atoms with van der Waals surface area (Å²) in [7, 11) is 2.01. The summed E-state index contributed by atoms with van der Waals surface area (Å²) >= 11 is 0. The summed E-state index contributed by atoms with van der Waals surface area (Å²) in [6, 6.07) is 4.03. The highest BCUT2D eigenvalue weighted by Crippen LogP contribution is 2.30. The molecule has 0 bridgehead atoms. The third kappa shape index (κ3) is 6.48. The Morgan fingerprint density at radius 1 is 1.16 bits per heavy atom. The molecule has 7 nitrogen and oxygen atoms in total. The molecule has 1 aromatic heterocycles. The van der Waals surface area contributed by atoms with Gasteiger partial charge in [0.2, 0.25) is 0 Å². The van der Waals surface area contributed by atoms with Gasteiger partial charge in [-0.3, -0.25) is 4.98 Å². The van der Waals surface area contributed by atoms with E-state index in [0.717, 1.165) is 30.0 Å². The van der Waals surface area contributed by atoms with Gasteiger partial charge in [0, 0.05) is 55.9 Å². The summed E-state index contributed by atoms with van der Waals surface area (Å²) in [6.45, 7) is 23.2. The van der Waals surface area contributed by atoms with Gasteiger partial charge in [0.25, 0.3) is 0 Å². The number of likely N-dealkylation sites (N-methyl/N-ethyl adjacent to an activating group) is 1. The highest BCUT2D eigenvalue weighted by atomic mass is 16.6. The summed E-state index contributed by atoms with van der Waals surface area (Å²) in [6.07, 6.45) is 3.23. The number of pyridine rings is 1. The Morgan fingerprint density at radius 3 is 2.16 bits per heavy atom. The summed E-state index contributed by atoms with van der Waals surface area (Å²) in [5.74, 6) is 1.36. The van der Waals surface area contributed by atoms with E-state index in [1.807, 2.05) is 60.0 Å². The molecule has 0 aromatic carbocycles. The lowest BCUT2D eigenvalue weighted by atomic mass is 10.0. The van der Waals surface area contributed by atoms with Crippen LogP contribution >= 0.6 is 0 Å². The fraction of sp³-hybridized carbons (Fsp3) is 0.600. The van der Waals surface area contributed by atoms with E-state index in [2.05, 4.69) is 42.0 Å². The number of ether oxygens (including phenoxy) is 2. The smallest absolute Gasteiger partial charge is 0.410 e. The molecule has 1 saturated heterocycles. The van der Waals surface area contributed by atoms with Crippen molar-refractivity contribution in [3.05, 3.63) is 48.6 Å². The lowest BCUT2D eigenvalue weighted by Crippen LogP contribution is -2.57. The minimum atomic E-state index is -0.498. The number of likely N-dealkylation sites (tertiary alicyclic amines) is 1.